The molecule has 1 fully saturated rings. The van der Waals surface area contributed by atoms with Crippen LogP contribution in [-0.4, -0.2) is 0 Å². The number of nitrogens with two attached hydrogens (primary N) is 1. The molecule has 0 aromatic carbocycles. The summed E-state index contributed by atoms with van der Waals surface area (Å²) in [5.41, 5.74) is 7.66. The molecule has 1 aromatic heterocycles. The van der Waals surface area contributed by atoms with Crippen LogP contribution in [0.1, 0.15) is 48.6 Å². The van der Waals surface area contributed by atoms with Crippen LogP contribution in [-0.2, 0) is 0 Å². The lowest BCUT2D eigenvalue weighted by atomic mass is 9.84. The molecule has 0 spiro atoms. The first kappa shape index (κ1) is 14.5. The molecule has 1 aliphatic carbocycles. The van der Waals surface area contributed by atoms with Crippen LogP contribution in [0.3, 0.4) is 0 Å². The van der Waals surface area contributed by atoms with Gasteiger partial charge in [0.15, 0.2) is 0 Å². The largest absolute Gasteiger partial charge is 0.323 e. The molecule has 0 bridgehead atoms. The minimum absolute atomic E-state index is 0. The van der Waals surface area contributed by atoms with Gasteiger partial charge in [0, 0.05) is 10.9 Å². The molecule has 1 saturated carbocycles. The Balaban J connectivity index is 0.00000128. The molecule has 0 unspecified atom stereocenters. The predicted octanol–water partition coefficient (Wildman–Crippen LogP) is 4.82. The topological polar surface area (TPSA) is 26.0 Å². The molecule has 0 amide bonds. The molecule has 0 saturated heterocycles. The Hall–Kier alpha value is 0.430. The number of hydrogen-bond donors (Lipinski definition) is 1. The summed E-state index contributed by atoms with van der Waals surface area (Å²) in [6, 6.07) is 2.51. The minimum Gasteiger partial charge on any atom is -0.323 e. The van der Waals surface area contributed by atoms with Crippen molar-refractivity contribution in [2.24, 2.45) is 11.7 Å². The summed E-state index contributed by atoms with van der Waals surface area (Å²) >= 11 is 5.38. The van der Waals surface area contributed by atoms with Crippen LogP contribution in [0.15, 0.2) is 9.85 Å². The van der Waals surface area contributed by atoms with Gasteiger partial charge in [-0.25, -0.2) is 0 Å². The van der Waals surface area contributed by atoms with E-state index in [1.54, 1.807) is 0 Å². The fourth-order valence-electron chi connectivity index (χ4n) is 2.37. The molecule has 92 valence electrons. The van der Waals surface area contributed by atoms with Crippen molar-refractivity contribution in [1.82, 2.24) is 0 Å². The molecule has 0 radical (unpaired) electrons. The smallest absolute Gasteiger partial charge is 0.0731 e. The van der Waals surface area contributed by atoms with E-state index in [1.165, 1.54) is 46.3 Å². The molecular formula is C12H19BrClNS. The van der Waals surface area contributed by atoms with E-state index >= 15 is 0 Å². The maximum Gasteiger partial charge on any atom is 0.0731 e. The third kappa shape index (κ3) is 3.22. The van der Waals surface area contributed by atoms with Crippen LogP contribution < -0.4 is 5.73 Å². The van der Waals surface area contributed by atoms with E-state index in [0.29, 0.717) is 5.92 Å². The van der Waals surface area contributed by atoms with Gasteiger partial charge in [0.1, 0.15) is 0 Å². The SMILES string of the molecule is Cc1cc([C@H](N)C2CCCCC2)sc1Br.Cl. The van der Waals surface area contributed by atoms with E-state index in [9.17, 15) is 0 Å². The van der Waals surface area contributed by atoms with Gasteiger partial charge in [0.2, 0.25) is 0 Å². The van der Waals surface area contributed by atoms with E-state index in [4.69, 9.17) is 5.73 Å². The van der Waals surface area contributed by atoms with E-state index < -0.39 is 0 Å². The quantitative estimate of drug-likeness (QED) is 0.829. The zero-order valence-corrected chi connectivity index (χ0v) is 12.8. The fraction of sp³-hybridized carbons (Fsp3) is 0.667. The average molecular weight is 325 g/mol. The molecule has 2 N–H and O–H groups in total. The first-order valence-electron chi connectivity index (χ1n) is 5.70. The summed E-state index contributed by atoms with van der Waals surface area (Å²) in [5, 5.41) is 0. The molecule has 0 aliphatic heterocycles. The highest BCUT2D eigenvalue weighted by atomic mass is 79.9. The molecule has 1 heterocycles. The van der Waals surface area contributed by atoms with Crippen molar-refractivity contribution in [2.45, 2.75) is 45.1 Å². The molecule has 2 rings (SSSR count). The number of hydrogen-bond acceptors (Lipinski definition) is 2. The van der Waals surface area contributed by atoms with Gasteiger partial charge in [0.05, 0.1) is 3.79 Å². The van der Waals surface area contributed by atoms with Crippen molar-refractivity contribution in [3.8, 4) is 0 Å². The average Bonchev–Trinajstić information content (AvgIpc) is 2.59. The molecule has 1 aromatic rings. The summed E-state index contributed by atoms with van der Waals surface area (Å²) in [6.07, 6.45) is 6.76. The van der Waals surface area contributed by atoms with Crippen molar-refractivity contribution in [2.75, 3.05) is 0 Å². The first-order chi connectivity index (χ1) is 7.18. The van der Waals surface area contributed by atoms with Crippen molar-refractivity contribution in [3.63, 3.8) is 0 Å². The molecule has 1 atom stereocenters. The second-order valence-corrected chi connectivity index (χ2v) is 6.93. The van der Waals surface area contributed by atoms with Crippen LogP contribution in [0.5, 0.6) is 0 Å². The van der Waals surface area contributed by atoms with Gasteiger partial charge in [-0.2, -0.15) is 0 Å². The van der Waals surface area contributed by atoms with E-state index in [0.717, 1.165) is 0 Å². The van der Waals surface area contributed by atoms with Gasteiger partial charge in [-0.1, -0.05) is 19.3 Å². The Labute approximate surface area is 116 Å². The third-order valence-electron chi connectivity index (χ3n) is 3.36. The monoisotopic (exact) mass is 323 g/mol. The maximum atomic E-state index is 6.34. The fourth-order valence-corrected chi connectivity index (χ4v) is 4.04. The van der Waals surface area contributed by atoms with Crippen molar-refractivity contribution >= 4 is 39.7 Å². The van der Waals surface area contributed by atoms with E-state index in [-0.39, 0.29) is 18.4 Å². The molecule has 4 heteroatoms. The van der Waals surface area contributed by atoms with E-state index in [2.05, 4.69) is 28.9 Å². The van der Waals surface area contributed by atoms with Crippen LogP contribution in [0.4, 0.5) is 0 Å². The summed E-state index contributed by atoms with van der Waals surface area (Å²) in [5.74, 6) is 0.712. The summed E-state index contributed by atoms with van der Waals surface area (Å²) < 4.78 is 1.24. The Morgan fingerprint density at radius 3 is 2.50 bits per heavy atom. The van der Waals surface area contributed by atoms with Crippen molar-refractivity contribution in [3.05, 3.63) is 20.3 Å². The third-order valence-corrected chi connectivity index (χ3v) is 5.60. The second-order valence-electron chi connectivity index (χ2n) is 4.53. The maximum absolute atomic E-state index is 6.34. The number of halogens is 2. The summed E-state index contributed by atoms with van der Waals surface area (Å²) in [7, 11) is 0. The Morgan fingerprint density at radius 1 is 1.38 bits per heavy atom. The van der Waals surface area contributed by atoms with Gasteiger partial charge in [-0.15, -0.1) is 23.7 Å². The van der Waals surface area contributed by atoms with Crippen LogP contribution in [0.2, 0.25) is 0 Å². The second kappa shape index (κ2) is 6.39. The van der Waals surface area contributed by atoms with Crippen molar-refractivity contribution in [1.29, 1.82) is 0 Å². The first-order valence-corrected chi connectivity index (χ1v) is 7.31. The molecule has 16 heavy (non-hydrogen) atoms. The highest BCUT2D eigenvalue weighted by molar-refractivity contribution is 9.11. The van der Waals surface area contributed by atoms with Gasteiger partial charge in [0.25, 0.3) is 0 Å². The summed E-state index contributed by atoms with van der Waals surface area (Å²) in [4.78, 5) is 1.35. The van der Waals surface area contributed by atoms with Gasteiger partial charge in [-0.3, -0.25) is 0 Å². The lowest BCUT2D eigenvalue weighted by Gasteiger charge is -2.26. The van der Waals surface area contributed by atoms with Gasteiger partial charge >= 0.3 is 0 Å². The van der Waals surface area contributed by atoms with Crippen molar-refractivity contribution < 1.29 is 0 Å². The lowest BCUT2D eigenvalue weighted by Crippen LogP contribution is -2.22. The normalized spacial score (nSPS) is 19.2. The molecule has 1 aliphatic rings. The Morgan fingerprint density at radius 2 is 2.00 bits per heavy atom. The van der Waals surface area contributed by atoms with Crippen LogP contribution in [0, 0.1) is 12.8 Å². The zero-order valence-electron chi connectivity index (χ0n) is 9.54. The van der Waals surface area contributed by atoms with Gasteiger partial charge < -0.3 is 5.73 Å². The molecular weight excluding hydrogens is 306 g/mol. The predicted molar refractivity (Wildman–Crippen MR) is 77.5 cm³/mol. The standard InChI is InChI=1S/C12H18BrNS.ClH/c1-8-7-10(15-12(8)13)11(14)9-5-3-2-4-6-9;/h7,9,11H,2-6,14H2,1H3;1H/t11-;/m1./s1. The summed E-state index contributed by atoms with van der Waals surface area (Å²) in [6.45, 7) is 2.14. The number of aryl methyl sites for hydroxylation is 1. The Bertz CT molecular complexity index is 314. The van der Waals surface area contributed by atoms with Gasteiger partial charge in [-0.05, 0) is 53.2 Å². The molecule has 1 nitrogen and oxygen atoms in total. The highest BCUT2D eigenvalue weighted by Crippen LogP contribution is 2.38. The van der Waals surface area contributed by atoms with E-state index in [1.807, 2.05) is 11.3 Å². The zero-order chi connectivity index (χ0) is 10.8. The highest BCUT2D eigenvalue weighted by Gasteiger charge is 2.23. The number of rotatable bonds is 2. The van der Waals surface area contributed by atoms with Crippen LogP contribution in [0.25, 0.3) is 0 Å². The Kier molecular flexibility index (Phi) is 5.78. The minimum atomic E-state index is 0. The number of thiophene rings is 1. The van der Waals surface area contributed by atoms with Crippen LogP contribution >= 0.6 is 39.7 Å². The lowest BCUT2D eigenvalue weighted by molar-refractivity contribution is 0.310.